The Morgan fingerprint density at radius 2 is 2.27 bits per heavy atom. The molecule has 1 N–H and O–H groups in total. The van der Waals surface area contributed by atoms with E-state index in [4.69, 9.17) is 0 Å². The first-order valence-corrected chi connectivity index (χ1v) is 6.35. The second-order valence-electron chi connectivity index (χ2n) is 3.71. The van der Waals surface area contributed by atoms with Crippen LogP contribution in [0, 0.1) is 0 Å². The Labute approximate surface area is 97.3 Å². The van der Waals surface area contributed by atoms with E-state index in [0.29, 0.717) is 6.42 Å². The summed E-state index contributed by atoms with van der Waals surface area (Å²) in [6.45, 7) is 6.65. The lowest BCUT2D eigenvalue weighted by atomic mass is 10.2. The summed E-state index contributed by atoms with van der Waals surface area (Å²) in [6, 6.07) is 0.254. The van der Waals surface area contributed by atoms with Crippen LogP contribution in [0.2, 0.25) is 0 Å². The highest BCUT2D eigenvalue weighted by Gasteiger charge is 2.09. The Bertz CT molecular complexity index is 195. The van der Waals surface area contributed by atoms with Gasteiger partial charge in [0.1, 0.15) is 0 Å². The minimum atomic E-state index is 0.175. The zero-order chi connectivity index (χ0) is 11.7. The van der Waals surface area contributed by atoms with E-state index >= 15 is 0 Å². The lowest BCUT2D eigenvalue weighted by Gasteiger charge is -2.16. The standard InChI is InChI=1S/C11H22N2OS/c1-5-7-15-8-6-12-10(2)9-11(14)13(3)4/h5,10,12H,1,6-9H2,2-4H3. The minimum Gasteiger partial charge on any atom is -0.349 e. The molecule has 0 bridgehead atoms. The lowest BCUT2D eigenvalue weighted by Crippen LogP contribution is -2.34. The third-order valence-corrected chi connectivity index (χ3v) is 2.92. The number of carbonyl (C=O) groups is 1. The van der Waals surface area contributed by atoms with Crippen LogP contribution in [0.5, 0.6) is 0 Å². The van der Waals surface area contributed by atoms with Gasteiger partial charge in [-0.3, -0.25) is 4.79 Å². The first-order valence-electron chi connectivity index (χ1n) is 5.20. The Morgan fingerprint density at radius 3 is 2.80 bits per heavy atom. The third-order valence-electron chi connectivity index (χ3n) is 1.95. The maximum atomic E-state index is 11.4. The SMILES string of the molecule is C=CCSCCNC(C)CC(=O)N(C)C. The van der Waals surface area contributed by atoms with Gasteiger partial charge < -0.3 is 10.2 Å². The highest BCUT2D eigenvalue weighted by Crippen LogP contribution is 1.99. The molecular weight excluding hydrogens is 208 g/mol. The predicted octanol–water partition coefficient (Wildman–Crippen LogP) is 1.36. The van der Waals surface area contributed by atoms with Crippen LogP contribution in [-0.4, -0.2) is 49.0 Å². The van der Waals surface area contributed by atoms with Crippen LogP contribution >= 0.6 is 11.8 Å². The van der Waals surface area contributed by atoms with Gasteiger partial charge in [-0.05, 0) is 6.92 Å². The van der Waals surface area contributed by atoms with Crippen molar-refractivity contribution in [3.63, 3.8) is 0 Å². The van der Waals surface area contributed by atoms with Gasteiger partial charge in [-0.2, -0.15) is 11.8 Å². The zero-order valence-electron chi connectivity index (χ0n) is 9.95. The van der Waals surface area contributed by atoms with Gasteiger partial charge in [0.2, 0.25) is 5.91 Å². The Kier molecular flexibility index (Phi) is 8.52. The Hall–Kier alpha value is -0.480. The summed E-state index contributed by atoms with van der Waals surface area (Å²) < 4.78 is 0. The summed E-state index contributed by atoms with van der Waals surface area (Å²) in [5.41, 5.74) is 0. The summed E-state index contributed by atoms with van der Waals surface area (Å²) >= 11 is 1.84. The first-order chi connectivity index (χ1) is 7.07. The van der Waals surface area contributed by atoms with Crippen molar-refractivity contribution in [3.8, 4) is 0 Å². The maximum absolute atomic E-state index is 11.4. The van der Waals surface area contributed by atoms with Gasteiger partial charge in [-0.25, -0.2) is 0 Å². The molecule has 0 aliphatic rings. The van der Waals surface area contributed by atoms with Gasteiger partial charge in [0.05, 0.1) is 0 Å². The molecule has 0 aliphatic carbocycles. The van der Waals surface area contributed by atoms with Gasteiger partial charge in [0.25, 0.3) is 0 Å². The number of nitrogens with one attached hydrogen (secondary N) is 1. The lowest BCUT2D eigenvalue weighted by molar-refractivity contribution is -0.129. The van der Waals surface area contributed by atoms with Crippen LogP contribution in [0.3, 0.4) is 0 Å². The molecule has 0 fully saturated rings. The van der Waals surface area contributed by atoms with Crippen molar-refractivity contribution in [1.29, 1.82) is 0 Å². The average Bonchev–Trinajstić information content (AvgIpc) is 2.17. The minimum absolute atomic E-state index is 0.175. The molecule has 3 nitrogen and oxygen atoms in total. The van der Waals surface area contributed by atoms with E-state index in [1.807, 2.05) is 24.8 Å². The molecule has 1 atom stereocenters. The quantitative estimate of drug-likeness (QED) is 0.505. The van der Waals surface area contributed by atoms with E-state index < -0.39 is 0 Å². The summed E-state index contributed by atoms with van der Waals surface area (Å²) in [6.07, 6.45) is 2.47. The van der Waals surface area contributed by atoms with Crippen LogP contribution in [0.25, 0.3) is 0 Å². The summed E-state index contributed by atoms with van der Waals surface area (Å²) in [5, 5.41) is 3.32. The van der Waals surface area contributed by atoms with Crippen molar-refractivity contribution in [3.05, 3.63) is 12.7 Å². The number of amides is 1. The topological polar surface area (TPSA) is 32.3 Å². The van der Waals surface area contributed by atoms with Gasteiger partial charge in [-0.1, -0.05) is 6.08 Å². The van der Waals surface area contributed by atoms with E-state index in [1.165, 1.54) is 0 Å². The van der Waals surface area contributed by atoms with Gasteiger partial charge >= 0.3 is 0 Å². The second kappa shape index (κ2) is 8.80. The highest BCUT2D eigenvalue weighted by atomic mass is 32.2. The van der Waals surface area contributed by atoms with Gasteiger partial charge in [0.15, 0.2) is 0 Å². The fourth-order valence-electron chi connectivity index (χ4n) is 1.06. The van der Waals surface area contributed by atoms with E-state index in [-0.39, 0.29) is 11.9 Å². The molecule has 0 rings (SSSR count). The third kappa shape index (κ3) is 8.51. The molecule has 0 aliphatic heterocycles. The number of rotatable bonds is 8. The van der Waals surface area contributed by atoms with E-state index in [0.717, 1.165) is 18.1 Å². The molecule has 88 valence electrons. The van der Waals surface area contributed by atoms with Crippen molar-refractivity contribution in [1.82, 2.24) is 10.2 Å². The number of nitrogens with zero attached hydrogens (tertiary/aromatic N) is 1. The summed E-state index contributed by atoms with van der Waals surface area (Å²) in [7, 11) is 3.57. The van der Waals surface area contributed by atoms with Gasteiger partial charge in [0, 0.05) is 44.6 Å². The molecule has 0 aromatic heterocycles. The molecule has 1 amide bonds. The predicted molar refractivity (Wildman–Crippen MR) is 68.3 cm³/mol. The van der Waals surface area contributed by atoms with Crippen molar-refractivity contribution < 1.29 is 4.79 Å². The Morgan fingerprint density at radius 1 is 1.60 bits per heavy atom. The molecule has 0 saturated carbocycles. The largest absolute Gasteiger partial charge is 0.349 e. The zero-order valence-corrected chi connectivity index (χ0v) is 10.8. The average molecular weight is 230 g/mol. The van der Waals surface area contributed by atoms with E-state index in [1.54, 1.807) is 19.0 Å². The van der Waals surface area contributed by atoms with Crippen molar-refractivity contribution in [2.75, 3.05) is 32.1 Å². The maximum Gasteiger partial charge on any atom is 0.223 e. The first kappa shape index (κ1) is 14.5. The summed E-state index contributed by atoms with van der Waals surface area (Å²) in [4.78, 5) is 13.0. The number of carbonyl (C=O) groups excluding carboxylic acids is 1. The molecule has 0 aromatic carbocycles. The molecule has 4 heteroatoms. The molecule has 0 saturated heterocycles. The number of hydrogen-bond acceptors (Lipinski definition) is 3. The number of thioether (sulfide) groups is 1. The Balaban J connectivity index is 3.44. The smallest absolute Gasteiger partial charge is 0.223 e. The molecule has 0 spiro atoms. The van der Waals surface area contributed by atoms with Crippen molar-refractivity contribution in [2.24, 2.45) is 0 Å². The normalized spacial score (nSPS) is 12.2. The van der Waals surface area contributed by atoms with Crippen LogP contribution in [0.4, 0.5) is 0 Å². The highest BCUT2D eigenvalue weighted by molar-refractivity contribution is 7.99. The fraction of sp³-hybridized carbons (Fsp3) is 0.727. The second-order valence-corrected chi connectivity index (χ2v) is 4.86. The molecule has 0 aromatic rings. The van der Waals surface area contributed by atoms with Crippen LogP contribution < -0.4 is 5.32 Å². The van der Waals surface area contributed by atoms with Crippen LogP contribution in [0.15, 0.2) is 12.7 Å². The van der Waals surface area contributed by atoms with E-state index in [2.05, 4.69) is 11.9 Å². The molecule has 0 radical (unpaired) electrons. The molecular formula is C11H22N2OS. The molecule has 15 heavy (non-hydrogen) atoms. The van der Waals surface area contributed by atoms with Crippen LogP contribution in [-0.2, 0) is 4.79 Å². The van der Waals surface area contributed by atoms with Crippen molar-refractivity contribution >= 4 is 17.7 Å². The fourth-order valence-corrected chi connectivity index (χ4v) is 1.66. The van der Waals surface area contributed by atoms with Crippen LogP contribution in [0.1, 0.15) is 13.3 Å². The summed E-state index contributed by atoms with van der Waals surface area (Å²) in [5.74, 6) is 2.23. The van der Waals surface area contributed by atoms with Crippen molar-refractivity contribution in [2.45, 2.75) is 19.4 Å². The molecule has 0 heterocycles. The van der Waals surface area contributed by atoms with Gasteiger partial charge in [-0.15, -0.1) is 6.58 Å². The monoisotopic (exact) mass is 230 g/mol. The number of hydrogen-bond donors (Lipinski definition) is 1. The molecule has 1 unspecified atom stereocenters. The van der Waals surface area contributed by atoms with E-state index in [9.17, 15) is 4.79 Å².